The zero-order valence-corrected chi connectivity index (χ0v) is 14.1. The molecule has 1 aromatic rings. The van der Waals surface area contributed by atoms with Gasteiger partial charge in [0, 0.05) is 11.0 Å². The highest BCUT2D eigenvalue weighted by Crippen LogP contribution is 2.62. The molecule has 1 aromatic carbocycles. The molecular weight excluding hydrogens is 338 g/mol. The Morgan fingerprint density at radius 2 is 2.04 bits per heavy atom. The van der Waals surface area contributed by atoms with Crippen LogP contribution in [0.15, 0.2) is 18.2 Å². The number of carbonyl (C=O) groups excluding carboxylic acids is 1. The molecule has 25 heavy (non-hydrogen) atoms. The van der Waals surface area contributed by atoms with Gasteiger partial charge in [0.25, 0.3) is 0 Å². The van der Waals surface area contributed by atoms with Gasteiger partial charge in [-0.25, -0.2) is 9.18 Å². The molecule has 0 radical (unpaired) electrons. The minimum Gasteiger partial charge on any atom is -0.455 e. The zero-order valence-electron chi connectivity index (χ0n) is 14.1. The van der Waals surface area contributed by atoms with E-state index >= 15 is 0 Å². The molecule has 1 fully saturated rings. The van der Waals surface area contributed by atoms with E-state index in [1.54, 1.807) is 6.07 Å². The summed E-state index contributed by atoms with van der Waals surface area (Å²) in [7, 11) is 0. The van der Waals surface area contributed by atoms with Crippen LogP contribution in [-0.4, -0.2) is 24.8 Å². The fraction of sp³-hybridized carbons (Fsp3) is 0.611. The molecule has 7 heteroatoms. The molecule has 3 atom stereocenters. The van der Waals surface area contributed by atoms with Gasteiger partial charge in [-0.3, -0.25) is 0 Å². The number of carbonyl (C=O) groups is 1. The van der Waals surface area contributed by atoms with E-state index < -0.39 is 29.5 Å². The van der Waals surface area contributed by atoms with E-state index in [1.165, 1.54) is 6.07 Å². The summed E-state index contributed by atoms with van der Waals surface area (Å²) in [6, 6.07) is 4.72. The molecule has 3 unspecified atom stereocenters. The monoisotopic (exact) mass is 359 g/mol. The fourth-order valence-corrected chi connectivity index (χ4v) is 4.14. The molecule has 0 heterocycles. The smallest absolute Gasteiger partial charge is 0.455 e. The average molecular weight is 359 g/mol. The number of ether oxygens (including phenoxy) is 1. The summed E-state index contributed by atoms with van der Waals surface area (Å²) in [5, 5.41) is 0. The predicted molar refractivity (Wildman–Crippen MR) is 83.4 cm³/mol. The highest BCUT2D eigenvalue weighted by atomic mass is 19.4. The van der Waals surface area contributed by atoms with Gasteiger partial charge in [0.2, 0.25) is 0 Å². The maximum absolute atomic E-state index is 14.6. The van der Waals surface area contributed by atoms with Crippen molar-refractivity contribution in [2.75, 3.05) is 6.54 Å². The van der Waals surface area contributed by atoms with Gasteiger partial charge in [-0.2, -0.15) is 13.2 Å². The Kier molecular flexibility index (Phi) is 4.14. The van der Waals surface area contributed by atoms with E-state index in [4.69, 9.17) is 5.73 Å². The normalized spacial score (nSPS) is 28.6. The maximum Gasteiger partial charge on any atom is 0.490 e. The number of nitrogens with two attached hydrogens (primary N) is 1. The molecule has 0 aromatic heterocycles. The number of alkyl halides is 3. The van der Waals surface area contributed by atoms with Crippen LogP contribution in [0.5, 0.6) is 0 Å². The molecule has 1 spiro atoms. The maximum atomic E-state index is 14.6. The molecule has 2 aliphatic rings. The minimum atomic E-state index is -5.04. The van der Waals surface area contributed by atoms with Crippen molar-refractivity contribution in [2.45, 2.75) is 56.7 Å². The van der Waals surface area contributed by atoms with E-state index in [1.807, 2.05) is 19.9 Å². The van der Waals surface area contributed by atoms with E-state index in [2.05, 4.69) is 4.74 Å². The molecule has 2 aliphatic carbocycles. The molecule has 2 N–H and O–H groups in total. The van der Waals surface area contributed by atoms with Crippen molar-refractivity contribution in [3.63, 3.8) is 0 Å². The van der Waals surface area contributed by atoms with Gasteiger partial charge >= 0.3 is 12.1 Å². The van der Waals surface area contributed by atoms with Crippen LogP contribution in [-0.2, 0) is 14.9 Å². The number of rotatable bonds is 3. The van der Waals surface area contributed by atoms with Crippen LogP contribution in [0.3, 0.4) is 0 Å². The van der Waals surface area contributed by atoms with Crippen LogP contribution in [0.1, 0.15) is 50.2 Å². The summed E-state index contributed by atoms with van der Waals surface area (Å²) in [5.74, 6) is -2.66. The van der Waals surface area contributed by atoms with Crippen molar-refractivity contribution < 1.29 is 27.1 Å². The Morgan fingerprint density at radius 1 is 1.36 bits per heavy atom. The van der Waals surface area contributed by atoms with Crippen LogP contribution in [0.25, 0.3) is 0 Å². The van der Waals surface area contributed by atoms with Crippen molar-refractivity contribution in [3.8, 4) is 0 Å². The van der Waals surface area contributed by atoms with Crippen molar-refractivity contribution in [3.05, 3.63) is 35.1 Å². The molecule has 0 amide bonds. The third-order valence-electron chi connectivity index (χ3n) is 5.75. The van der Waals surface area contributed by atoms with Crippen molar-refractivity contribution in [2.24, 2.45) is 11.1 Å². The van der Waals surface area contributed by atoms with Crippen LogP contribution < -0.4 is 5.73 Å². The summed E-state index contributed by atoms with van der Waals surface area (Å²) in [6.07, 6.45) is -4.61. The second kappa shape index (κ2) is 5.69. The molecule has 0 aliphatic heterocycles. The van der Waals surface area contributed by atoms with Crippen LogP contribution >= 0.6 is 0 Å². The summed E-state index contributed by atoms with van der Waals surface area (Å²) < 4.78 is 56.7. The standard InChI is InChI=1S/C18H21F4NO2/c1-16(2,9-23)11-6-7-17(14-10(11)4-3-5-12(14)19)8-13(17)25-15(24)18(20,21)22/h3-5,11,13H,6-9,23H2,1-2H3. The molecular formula is C18H21F4NO2. The summed E-state index contributed by atoms with van der Waals surface area (Å²) in [4.78, 5) is 11.2. The minimum absolute atomic E-state index is 0.00777. The SMILES string of the molecule is CC(C)(CN)C1CCC2(CC2OC(=O)C(F)(F)F)c2c(F)cccc21. The summed E-state index contributed by atoms with van der Waals surface area (Å²) in [5.41, 5.74) is 5.92. The lowest BCUT2D eigenvalue weighted by Gasteiger charge is -2.41. The third-order valence-corrected chi connectivity index (χ3v) is 5.75. The largest absolute Gasteiger partial charge is 0.490 e. The van der Waals surface area contributed by atoms with Gasteiger partial charge in [-0.15, -0.1) is 0 Å². The average Bonchev–Trinajstić information content (AvgIpc) is 3.19. The van der Waals surface area contributed by atoms with Gasteiger partial charge in [-0.1, -0.05) is 26.0 Å². The number of hydrogen-bond donors (Lipinski definition) is 1. The lowest BCUT2D eigenvalue weighted by Crippen LogP contribution is -2.37. The molecule has 3 nitrogen and oxygen atoms in total. The Morgan fingerprint density at radius 3 is 2.64 bits per heavy atom. The summed E-state index contributed by atoms with van der Waals surface area (Å²) >= 11 is 0. The van der Waals surface area contributed by atoms with Crippen LogP contribution in [0.2, 0.25) is 0 Å². The fourth-order valence-electron chi connectivity index (χ4n) is 4.14. The lowest BCUT2D eigenvalue weighted by atomic mass is 9.64. The number of hydrogen-bond acceptors (Lipinski definition) is 3. The quantitative estimate of drug-likeness (QED) is 0.660. The lowest BCUT2D eigenvalue weighted by molar-refractivity contribution is -0.201. The molecule has 1 saturated carbocycles. The van der Waals surface area contributed by atoms with Crippen LogP contribution in [0, 0.1) is 11.2 Å². The van der Waals surface area contributed by atoms with Gasteiger partial charge in [0.1, 0.15) is 11.9 Å². The molecule has 3 rings (SSSR count). The Balaban J connectivity index is 1.95. The third kappa shape index (κ3) is 2.92. The molecule has 0 saturated heterocycles. The van der Waals surface area contributed by atoms with E-state index in [-0.39, 0.29) is 17.8 Å². The van der Waals surface area contributed by atoms with Crippen molar-refractivity contribution in [1.82, 2.24) is 0 Å². The van der Waals surface area contributed by atoms with Gasteiger partial charge < -0.3 is 10.5 Å². The Bertz CT molecular complexity index is 701. The first-order chi connectivity index (χ1) is 11.5. The Labute approximate surface area is 143 Å². The first-order valence-corrected chi connectivity index (χ1v) is 8.30. The molecule has 0 bridgehead atoms. The summed E-state index contributed by atoms with van der Waals surface area (Å²) in [6.45, 7) is 4.41. The predicted octanol–water partition coefficient (Wildman–Crippen LogP) is 3.80. The highest BCUT2D eigenvalue weighted by Gasteiger charge is 2.63. The second-order valence-corrected chi connectivity index (χ2v) is 7.74. The highest BCUT2D eigenvalue weighted by molar-refractivity contribution is 5.76. The van der Waals surface area contributed by atoms with Crippen molar-refractivity contribution >= 4 is 5.97 Å². The van der Waals surface area contributed by atoms with Gasteiger partial charge in [0.05, 0.1) is 0 Å². The van der Waals surface area contributed by atoms with Gasteiger partial charge in [-0.05, 0) is 48.8 Å². The number of fused-ring (bicyclic) bond motifs is 2. The zero-order chi connectivity index (χ0) is 18.6. The number of halogens is 4. The van der Waals surface area contributed by atoms with E-state index in [9.17, 15) is 22.4 Å². The number of benzene rings is 1. The topological polar surface area (TPSA) is 52.3 Å². The second-order valence-electron chi connectivity index (χ2n) is 7.74. The Hall–Kier alpha value is -1.63. The van der Waals surface area contributed by atoms with Gasteiger partial charge in [0.15, 0.2) is 0 Å². The van der Waals surface area contributed by atoms with E-state index in [0.717, 1.165) is 5.56 Å². The van der Waals surface area contributed by atoms with E-state index in [0.29, 0.717) is 24.9 Å². The first-order valence-electron chi connectivity index (χ1n) is 8.30. The van der Waals surface area contributed by atoms with Crippen LogP contribution in [0.4, 0.5) is 17.6 Å². The van der Waals surface area contributed by atoms with Crippen molar-refractivity contribution in [1.29, 1.82) is 0 Å². The molecule has 138 valence electrons. The first kappa shape index (κ1) is 18.2. The number of esters is 1.